The van der Waals surface area contributed by atoms with E-state index in [1.54, 1.807) is 0 Å². The first-order chi connectivity index (χ1) is 7.30. The lowest BCUT2D eigenvalue weighted by Crippen LogP contribution is -2.26. The molecule has 0 N–H and O–H groups in total. The van der Waals surface area contributed by atoms with Crippen molar-refractivity contribution in [2.75, 3.05) is 0 Å². The van der Waals surface area contributed by atoms with E-state index in [2.05, 4.69) is 20.3 Å². The number of rotatable bonds is 2. The summed E-state index contributed by atoms with van der Waals surface area (Å²) in [4.78, 5) is 0. The van der Waals surface area contributed by atoms with Crippen LogP contribution >= 0.6 is 15.9 Å². The highest BCUT2D eigenvalue weighted by atomic mass is 79.9. The van der Waals surface area contributed by atoms with E-state index < -0.39 is 11.4 Å². The van der Waals surface area contributed by atoms with Gasteiger partial charge < -0.3 is 4.55 Å². The minimum Gasteiger partial charge on any atom is -0.591 e. The van der Waals surface area contributed by atoms with Crippen LogP contribution in [0.15, 0.2) is 33.1 Å². The average molecular weight is 302 g/mol. The fraction of sp³-hybridized carbons (Fsp3) is 0.417. The molecule has 0 fully saturated rings. The van der Waals surface area contributed by atoms with Crippen molar-refractivity contribution in [3.63, 3.8) is 0 Å². The quantitative estimate of drug-likeness (QED) is 0.606. The molecule has 0 saturated heterocycles. The molecule has 0 aliphatic heterocycles. The number of hydrogen-bond donors (Lipinski definition) is 0. The molecular weight excluding hydrogens is 286 g/mol. The maximum absolute atomic E-state index is 11.8. The Balaban J connectivity index is 2.94. The molecule has 1 aromatic rings. The van der Waals surface area contributed by atoms with Gasteiger partial charge in [0.2, 0.25) is 0 Å². The van der Waals surface area contributed by atoms with Crippen LogP contribution in [0, 0.1) is 0 Å². The fourth-order valence-electron chi connectivity index (χ4n) is 1.03. The van der Waals surface area contributed by atoms with E-state index in [-0.39, 0.29) is 4.75 Å². The monoisotopic (exact) mass is 301 g/mol. The maximum atomic E-state index is 11.8. The topological polar surface area (TPSA) is 35.4 Å². The van der Waals surface area contributed by atoms with Gasteiger partial charge in [-0.25, -0.2) is 0 Å². The van der Waals surface area contributed by atoms with Crippen molar-refractivity contribution in [1.82, 2.24) is 0 Å². The molecule has 0 saturated carbocycles. The molecule has 0 bridgehead atoms. The Hall–Kier alpha value is -0.320. The second-order valence-electron chi connectivity index (χ2n) is 4.55. The van der Waals surface area contributed by atoms with Crippen molar-refractivity contribution in [3.8, 4) is 0 Å². The summed E-state index contributed by atoms with van der Waals surface area (Å²) in [6, 6.07) is 7.83. The van der Waals surface area contributed by atoms with Crippen molar-refractivity contribution >= 4 is 33.0 Å². The molecule has 0 heterocycles. The van der Waals surface area contributed by atoms with E-state index in [0.717, 1.165) is 15.7 Å². The molecule has 88 valence electrons. The van der Waals surface area contributed by atoms with Gasteiger partial charge in [0.1, 0.15) is 16.1 Å². The van der Waals surface area contributed by atoms with Crippen LogP contribution in [0.4, 0.5) is 0 Å². The predicted molar refractivity (Wildman–Crippen MR) is 74.2 cm³/mol. The van der Waals surface area contributed by atoms with Gasteiger partial charge in [0.25, 0.3) is 0 Å². The molecule has 0 spiro atoms. The molecule has 0 aromatic heterocycles. The summed E-state index contributed by atoms with van der Waals surface area (Å²) in [5.41, 5.74) is 1.79. The Labute approximate surface area is 109 Å². The lowest BCUT2D eigenvalue weighted by molar-refractivity contribution is 0.561. The molecular formula is C12H16BrNOS. The zero-order valence-electron chi connectivity index (χ0n) is 9.95. The molecule has 1 rings (SSSR count). The molecule has 0 radical (unpaired) electrons. The third-order valence-corrected chi connectivity index (χ3v) is 3.97. The van der Waals surface area contributed by atoms with Gasteiger partial charge in [-0.15, -0.1) is 0 Å². The largest absolute Gasteiger partial charge is 0.591 e. The molecule has 0 aliphatic rings. The second-order valence-corrected chi connectivity index (χ2v) is 7.37. The van der Waals surface area contributed by atoms with Crippen molar-refractivity contribution in [1.29, 1.82) is 0 Å². The summed E-state index contributed by atoms with van der Waals surface area (Å²) in [6.07, 6.45) is 0. The minimum atomic E-state index is -1.20. The Morgan fingerprint density at radius 2 is 2.00 bits per heavy atom. The standard InChI is InChI=1S/C12H16BrNOS/c1-9(14-16(15)12(2,3)4)10-6-5-7-11(13)8-10/h5-8H,1-4H3/t16-/m1/s1. The Morgan fingerprint density at radius 1 is 1.38 bits per heavy atom. The highest BCUT2D eigenvalue weighted by molar-refractivity contribution is 9.10. The highest BCUT2D eigenvalue weighted by Crippen LogP contribution is 2.19. The Bertz CT molecular complexity index is 398. The van der Waals surface area contributed by atoms with E-state index in [4.69, 9.17) is 0 Å². The number of hydrogen-bond acceptors (Lipinski definition) is 2. The lowest BCUT2D eigenvalue weighted by atomic mass is 10.1. The van der Waals surface area contributed by atoms with Gasteiger partial charge in [0.05, 0.1) is 5.71 Å². The highest BCUT2D eigenvalue weighted by Gasteiger charge is 2.26. The average Bonchev–Trinajstić information content (AvgIpc) is 2.16. The summed E-state index contributed by atoms with van der Waals surface area (Å²) < 4.78 is 16.8. The third kappa shape index (κ3) is 3.92. The second kappa shape index (κ2) is 5.34. The van der Waals surface area contributed by atoms with Crippen LogP contribution in [0.2, 0.25) is 0 Å². The molecule has 1 aromatic carbocycles. The first-order valence-electron chi connectivity index (χ1n) is 5.04. The van der Waals surface area contributed by atoms with Crippen LogP contribution in [0.5, 0.6) is 0 Å². The molecule has 0 amide bonds. The van der Waals surface area contributed by atoms with Crippen molar-refractivity contribution in [2.45, 2.75) is 32.4 Å². The van der Waals surface area contributed by atoms with Crippen LogP contribution in [0.1, 0.15) is 33.3 Å². The van der Waals surface area contributed by atoms with E-state index in [9.17, 15) is 4.55 Å². The summed E-state index contributed by atoms with van der Waals surface area (Å²) in [5, 5.41) is 0. The molecule has 0 aliphatic carbocycles. The summed E-state index contributed by atoms with van der Waals surface area (Å²) in [7, 11) is 0. The lowest BCUT2D eigenvalue weighted by Gasteiger charge is -2.18. The smallest absolute Gasteiger partial charge is 0.144 e. The van der Waals surface area contributed by atoms with Gasteiger partial charge in [-0.1, -0.05) is 32.5 Å². The van der Waals surface area contributed by atoms with Crippen LogP contribution < -0.4 is 0 Å². The van der Waals surface area contributed by atoms with Crippen molar-refractivity contribution in [3.05, 3.63) is 34.3 Å². The van der Waals surface area contributed by atoms with Crippen LogP contribution in [-0.4, -0.2) is 15.0 Å². The first kappa shape index (κ1) is 13.7. The zero-order valence-corrected chi connectivity index (χ0v) is 12.4. The number of halogens is 1. The fourth-order valence-corrected chi connectivity index (χ4v) is 2.05. The normalized spacial score (nSPS) is 15.0. The molecule has 2 nitrogen and oxygen atoms in total. The third-order valence-electron chi connectivity index (χ3n) is 1.99. The summed E-state index contributed by atoms with van der Waals surface area (Å²) in [6.45, 7) is 7.63. The summed E-state index contributed by atoms with van der Waals surface area (Å²) in [5.74, 6) is 0. The van der Waals surface area contributed by atoms with Crippen molar-refractivity contribution in [2.24, 2.45) is 4.40 Å². The van der Waals surface area contributed by atoms with Gasteiger partial charge in [-0.05, 0) is 39.8 Å². The van der Waals surface area contributed by atoms with E-state index >= 15 is 0 Å². The van der Waals surface area contributed by atoms with Gasteiger partial charge >= 0.3 is 0 Å². The summed E-state index contributed by atoms with van der Waals surface area (Å²) >= 11 is 2.20. The van der Waals surface area contributed by atoms with E-state index in [1.165, 1.54) is 0 Å². The van der Waals surface area contributed by atoms with Gasteiger partial charge in [-0.2, -0.15) is 0 Å². The maximum Gasteiger partial charge on any atom is 0.144 e. The zero-order chi connectivity index (χ0) is 12.3. The van der Waals surface area contributed by atoms with Gasteiger partial charge in [0, 0.05) is 10.0 Å². The van der Waals surface area contributed by atoms with Gasteiger partial charge in [-0.3, -0.25) is 0 Å². The SMILES string of the molecule is CC(=N[S@+]([O-])C(C)(C)C)c1cccc(Br)c1. The molecule has 16 heavy (non-hydrogen) atoms. The van der Waals surface area contributed by atoms with Crippen LogP contribution in [0.25, 0.3) is 0 Å². The van der Waals surface area contributed by atoms with Crippen molar-refractivity contribution < 1.29 is 4.55 Å². The van der Waals surface area contributed by atoms with Gasteiger partial charge in [0.15, 0.2) is 0 Å². The number of benzene rings is 1. The Kier molecular flexibility index (Phi) is 4.59. The Morgan fingerprint density at radius 3 is 2.50 bits per heavy atom. The predicted octanol–water partition coefficient (Wildman–Crippen LogP) is 3.72. The van der Waals surface area contributed by atoms with Crippen LogP contribution in [-0.2, 0) is 11.4 Å². The molecule has 4 heteroatoms. The minimum absolute atomic E-state index is 0.312. The van der Waals surface area contributed by atoms with E-state index in [1.807, 2.05) is 52.0 Å². The first-order valence-corrected chi connectivity index (χ1v) is 6.94. The molecule has 1 atom stereocenters. The number of nitrogens with zero attached hydrogens (tertiary/aromatic N) is 1. The van der Waals surface area contributed by atoms with Crippen LogP contribution in [0.3, 0.4) is 0 Å². The molecule has 0 unspecified atom stereocenters. The van der Waals surface area contributed by atoms with E-state index in [0.29, 0.717) is 0 Å².